The van der Waals surface area contributed by atoms with E-state index >= 15 is 0 Å². The summed E-state index contributed by atoms with van der Waals surface area (Å²) < 4.78 is 32.0. The number of rotatable bonds is 28. The van der Waals surface area contributed by atoms with Crippen molar-refractivity contribution in [1.82, 2.24) is 0 Å². The molecule has 0 fully saturated rings. The van der Waals surface area contributed by atoms with Gasteiger partial charge < -0.3 is 10.2 Å². The van der Waals surface area contributed by atoms with E-state index in [1.807, 2.05) is 0 Å². The Balaban J connectivity index is 0. The fourth-order valence-corrected chi connectivity index (χ4v) is 6.67. The van der Waals surface area contributed by atoms with Crippen molar-refractivity contribution in [2.45, 2.75) is 173 Å². The number of unbranched alkanes of at least 4 members (excludes halogenated alkanes) is 20. The van der Waals surface area contributed by atoms with E-state index in [9.17, 15) is 32.8 Å². The zero-order chi connectivity index (χ0) is 28.7. The SMILES string of the molecule is CCCCCCCCCCCCCC(C(=O)O)C(CCCCCCCCCCCCC)(C(=O)O)S(=O)(=O)O.[NaH]. The van der Waals surface area contributed by atoms with Crippen molar-refractivity contribution in [3.8, 4) is 0 Å². The standard InChI is InChI=1S/C30H58O7S.Na.H/c1-3-5-7-9-11-13-15-17-19-21-23-25-27(28(31)32)30(29(33)34,38(35,36)37)26-24-22-20-18-16-14-12-10-8-6-4-2;;/h27H,3-26H2,1-2H3,(H,31,32)(H,33,34)(H,35,36,37);;. The van der Waals surface area contributed by atoms with Crippen LogP contribution in [0.15, 0.2) is 0 Å². The van der Waals surface area contributed by atoms with E-state index in [1.165, 1.54) is 70.6 Å². The molecule has 0 aromatic carbocycles. The number of aliphatic carboxylic acids is 2. The second kappa shape index (κ2) is 25.6. The molecule has 0 rings (SSSR count). The molecular weight excluding hydrogens is 527 g/mol. The molecule has 39 heavy (non-hydrogen) atoms. The third-order valence-electron chi connectivity index (χ3n) is 7.93. The van der Waals surface area contributed by atoms with Gasteiger partial charge in [0, 0.05) is 0 Å². The Morgan fingerprint density at radius 2 is 0.897 bits per heavy atom. The molecule has 3 N–H and O–H groups in total. The average molecular weight is 587 g/mol. The van der Waals surface area contributed by atoms with Crippen LogP contribution in [0.2, 0.25) is 0 Å². The van der Waals surface area contributed by atoms with Gasteiger partial charge in [-0.3, -0.25) is 14.1 Å². The zero-order valence-corrected chi connectivity index (χ0v) is 25.2. The second-order valence-corrected chi connectivity index (χ2v) is 12.8. The fourth-order valence-electron chi connectivity index (χ4n) is 5.47. The molecule has 0 bridgehead atoms. The number of hydrogen-bond donors (Lipinski definition) is 3. The first-order valence-electron chi connectivity index (χ1n) is 15.6. The van der Waals surface area contributed by atoms with Gasteiger partial charge in [-0.15, -0.1) is 0 Å². The molecule has 0 radical (unpaired) electrons. The Labute approximate surface area is 261 Å². The van der Waals surface area contributed by atoms with E-state index in [1.54, 1.807) is 0 Å². The molecule has 0 heterocycles. The maximum absolute atomic E-state index is 12.4. The van der Waals surface area contributed by atoms with Crippen molar-refractivity contribution < 1.29 is 32.8 Å². The van der Waals surface area contributed by atoms with E-state index in [0.29, 0.717) is 12.8 Å². The van der Waals surface area contributed by atoms with Crippen LogP contribution in [-0.4, -0.2) is 69.4 Å². The Kier molecular flexibility index (Phi) is 26.9. The normalized spacial score (nSPS) is 13.9. The van der Waals surface area contributed by atoms with E-state index in [0.717, 1.165) is 51.4 Å². The van der Waals surface area contributed by atoms with Gasteiger partial charge in [0.2, 0.25) is 4.75 Å². The van der Waals surface area contributed by atoms with Crippen molar-refractivity contribution in [1.29, 1.82) is 0 Å². The van der Waals surface area contributed by atoms with Gasteiger partial charge in [-0.2, -0.15) is 8.42 Å². The Morgan fingerprint density at radius 1 is 0.590 bits per heavy atom. The summed E-state index contributed by atoms with van der Waals surface area (Å²) in [5, 5.41) is 19.7. The van der Waals surface area contributed by atoms with Crippen LogP contribution in [0, 0.1) is 5.92 Å². The third-order valence-corrected chi connectivity index (χ3v) is 9.52. The molecule has 7 nitrogen and oxygen atoms in total. The van der Waals surface area contributed by atoms with Gasteiger partial charge in [0.1, 0.15) is 0 Å². The summed E-state index contributed by atoms with van der Waals surface area (Å²) in [7, 11) is -5.13. The minimum atomic E-state index is -5.13. The van der Waals surface area contributed by atoms with Crippen LogP contribution in [0.1, 0.15) is 168 Å². The quantitative estimate of drug-likeness (QED) is 0.0479. The second-order valence-electron chi connectivity index (χ2n) is 11.2. The van der Waals surface area contributed by atoms with Crippen LogP contribution in [0.3, 0.4) is 0 Å². The predicted octanol–water partition coefficient (Wildman–Crippen LogP) is 8.15. The van der Waals surface area contributed by atoms with Crippen molar-refractivity contribution in [3.05, 3.63) is 0 Å². The van der Waals surface area contributed by atoms with Gasteiger partial charge in [0.15, 0.2) is 0 Å². The number of carbonyl (C=O) groups is 2. The summed E-state index contributed by atoms with van der Waals surface area (Å²) in [5.41, 5.74) is 0. The minimum absolute atomic E-state index is 0. The molecule has 0 amide bonds. The van der Waals surface area contributed by atoms with E-state index in [4.69, 9.17) is 0 Å². The van der Waals surface area contributed by atoms with Gasteiger partial charge >= 0.3 is 41.5 Å². The van der Waals surface area contributed by atoms with Crippen LogP contribution in [-0.2, 0) is 19.7 Å². The van der Waals surface area contributed by atoms with Gasteiger partial charge in [-0.25, -0.2) is 0 Å². The van der Waals surface area contributed by atoms with Crippen LogP contribution >= 0.6 is 0 Å². The van der Waals surface area contributed by atoms with Crippen molar-refractivity contribution in [3.63, 3.8) is 0 Å². The number of carboxylic acid groups (broad SMARTS) is 2. The molecule has 2 unspecified atom stereocenters. The van der Waals surface area contributed by atoms with E-state index in [-0.39, 0.29) is 48.8 Å². The summed E-state index contributed by atoms with van der Waals surface area (Å²) >= 11 is 0. The first kappa shape index (κ1) is 41.0. The molecule has 0 aliphatic heterocycles. The number of carboxylic acids is 2. The number of hydrogen-bond acceptors (Lipinski definition) is 4. The van der Waals surface area contributed by atoms with Crippen molar-refractivity contribution in [2.24, 2.45) is 5.92 Å². The molecular formula is C30H59NaO7S. The van der Waals surface area contributed by atoms with Gasteiger partial charge in [-0.1, -0.05) is 155 Å². The predicted molar refractivity (Wildman–Crippen MR) is 162 cm³/mol. The summed E-state index contributed by atoms with van der Waals surface area (Å²) in [6, 6.07) is 0. The van der Waals surface area contributed by atoms with Crippen LogP contribution in [0.4, 0.5) is 0 Å². The molecule has 0 aliphatic carbocycles. The third kappa shape index (κ3) is 18.1. The van der Waals surface area contributed by atoms with Crippen LogP contribution < -0.4 is 0 Å². The van der Waals surface area contributed by atoms with E-state index in [2.05, 4.69) is 13.8 Å². The molecule has 2 atom stereocenters. The fraction of sp³-hybridized carbons (Fsp3) is 0.933. The van der Waals surface area contributed by atoms with Crippen molar-refractivity contribution in [2.75, 3.05) is 0 Å². The first-order valence-corrected chi connectivity index (χ1v) is 17.0. The van der Waals surface area contributed by atoms with Crippen molar-refractivity contribution >= 4 is 51.6 Å². The molecule has 0 aromatic rings. The molecule has 228 valence electrons. The molecule has 0 aromatic heterocycles. The Hall–Kier alpha value is -0.150. The van der Waals surface area contributed by atoms with Gasteiger partial charge in [0.25, 0.3) is 10.1 Å². The summed E-state index contributed by atoms with van der Waals surface area (Å²) in [5.74, 6) is -4.90. The summed E-state index contributed by atoms with van der Waals surface area (Å²) in [4.78, 5) is 24.3. The monoisotopic (exact) mass is 586 g/mol. The molecule has 9 heteroatoms. The first-order chi connectivity index (χ1) is 18.1. The Bertz CT molecular complexity index is 714. The van der Waals surface area contributed by atoms with Crippen LogP contribution in [0.25, 0.3) is 0 Å². The van der Waals surface area contributed by atoms with Crippen LogP contribution in [0.5, 0.6) is 0 Å². The average Bonchev–Trinajstić information content (AvgIpc) is 2.85. The molecule has 0 saturated carbocycles. The summed E-state index contributed by atoms with van der Waals surface area (Å²) in [6.07, 6.45) is 22.4. The van der Waals surface area contributed by atoms with Gasteiger partial charge in [-0.05, 0) is 12.8 Å². The van der Waals surface area contributed by atoms with E-state index < -0.39 is 32.7 Å². The molecule has 0 saturated heterocycles. The van der Waals surface area contributed by atoms with Gasteiger partial charge in [0.05, 0.1) is 5.92 Å². The summed E-state index contributed by atoms with van der Waals surface area (Å²) in [6.45, 7) is 4.39. The maximum atomic E-state index is 12.4. The zero-order valence-electron chi connectivity index (χ0n) is 24.4. The molecule has 0 spiro atoms. The Morgan fingerprint density at radius 3 is 1.18 bits per heavy atom. The topological polar surface area (TPSA) is 129 Å². The molecule has 0 aliphatic rings.